The van der Waals surface area contributed by atoms with Gasteiger partial charge in [0.25, 0.3) is 6.43 Å². The molecule has 0 bridgehead atoms. The molecule has 1 aromatic rings. The number of rotatable bonds is 2. The lowest BCUT2D eigenvalue weighted by Gasteiger charge is -2.06. The van der Waals surface area contributed by atoms with E-state index in [0.29, 0.717) is 12.1 Å². The summed E-state index contributed by atoms with van der Waals surface area (Å²) in [5, 5.41) is 17.1. The highest BCUT2D eigenvalue weighted by Gasteiger charge is 2.22. The fourth-order valence-electron chi connectivity index (χ4n) is 0.961. The van der Waals surface area contributed by atoms with Crippen LogP contribution in [0.3, 0.4) is 0 Å². The van der Waals surface area contributed by atoms with Crippen LogP contribution in [0.4, 0.5) is 17.6 Å². The average molecular weight is 208 g/mol. The summed E-state index contributed by atoms with van der Waals surface area (Å²) in [6, 6.07) is 0.907. The quantitative estimate of drug-likeness (QED) is 0.551. The molecule has 0 aliphatic rings. The highest BCUT2D eigenvalue weighted by Crippen LogP contribution is 2.23. The van der Waals surface area contributed by atoms with Crippen molar-refractivity contribution >= 4 is 12.6 Å². The van der Waals surface area contributed by atoms with E-state index in [1.54, 1.807) is 0 Å². The average Bonchev–Trinajstić information content (AvgIpc) is 2.01. The van der Waals surface area contributed by atoms with E-state index in [-0.39, 0.29) is 0 Å². The molecule has 0 atom stereocenters. The lowest BCUT2D eigenvalue weighted by atomic mass is 9.80. The largest absolute Gasteiger partial charge is 0.488 e. The van der Waals surface area contributed by atoms with Crippen LogP contribution < -0.4 is 5.46 Å². The lowest BCUT2D eigenvalue weighted by Crippen LogP contribution is -2.31. The maximum Gasteiger partial charge on any atom is 0.488 e. The van der Waals surface area contributed by atoms with Gasteiger partial charge >= 0.3 is 7.12 Å². The van der Waals surface area contributed by atoms with E-state index in [1.807, 2.05) is 0 Å². The topological polar surface area (TPSA) is 40.5 Å². The first kappa shape index (κ1) is 11.0. The molecule has 0 spiro atoms. The third kappa shape index (κ3) is 2.05. The zero-order chi connectivity index (χ0) is 10.9. The van der Waals surface area contributed by atoms with Gasteiger partial charge in [-0.3, -0.25) is 0 Å². The maximum atomic E-state index is 12.8. The van der Waals surface area contributed by atoms with Crippen molar-refractivity contribution in [3.63, 3.8) is 0 Å². The molecule has 0 saturated carbocycles. The second kappa shape index (κ2) is 3.97. The highest BCUT2D eigenvalue weighted by atomic mass is 19.3. The van der Waals surface area contributed by atoms with Gasteiger partial charge in [0.1, 0.15) is 11.6 Å². The Kier molecular flexibility index (Phi) is 3.12. The predicted molar refractivity (Wildman–Crippen MR) is 41.1 cm³/mol. The van der Waals surface area contributed by atoms with Gasteiger partial charge in [0.2, 0.25) is 0 Å². The monoisotopic (exact) mass is 208 g/mol. The van der Waals surface area contributed by atoms with Crippen LogP contribution in [0.15, 0.2) is 12.1 Å². The Bertz CT molecular complexity index is 319. The van der Waals surface area contributed by atoms with Crippen LogP contribution in [0.2, 0.25) is 0 Å². The smallest absolute Gasteiger partial charge is 0.423 e. The van der Waals surface area contributed by atoms with Crippen molar-refractivity contribution in [2.75, 3.05) is 0 Å². The molecule has 0 aliphatic heterocycles. The van der Waals surface area contributed by atoms with Crippen LogP contribution in [-0.2, 0) is 0 Å². The molecule has 7 heteroatoms. The van der Waals surface area contributed by atoms with Gasteiger partial charge in [-0.05, 0) is 17.6 Å². The molecule has 0 radical (unpaired) electrons. The van der Waals surface area contributed by atoms with Crippen molar-refractivity contribution in [2.24, 2.45) is 0 Å². The SMILES string of the molecule is OB(O)c1cc(F)c(C(F)F)c(F)c1. The van der Waals surface area contributed by atoms with Crippen molar-refractivity contribution in [1.82, 2.24) is 0 Å². The van der Waals surface area contributed by atoms with E-state index >= 15 is 0 Å². The Labute approximate surface area is 76.9 Å². The molecule has 0 aromatic heterocycles. The maximum absolute atomic E-state index is 12.8. The van der Waals surface area contributed by atoms with E-state index in [0.717, 1.165) is 0 Å². The fraction of sp³-hybridized carbons (Fsp3) is 0.143. The molecule has 0 saturated heterocycles. The molecule has 1 aromatic carbocycles. The van der Waals surface area contributed by atoms with Gasteiger partial charge < -0.3 is 10.0 Å². The van der Waals surface area contributed by atoms with E-state index in [1.165, 1.54) is 0 Å². The molecule has 1 rings (SSSR count). The fourth-order valence-corrected chi connectivity index (χ4v) is 0.961. The zero-order valence-corrected chi connectivity index (χ0v) is 6.72. The summed E-state index contributed by atoms with van der Waals surface area (Å²) in [5.41, 5.74) is -1.88. The van der Waals surface area contributed by atoms with Crippen LogP contribution >= 0.6 is 0 Å². The van der Waals surface area contributed by atoms with Gasteiger partial charge in [-0.2, -0.15) is 0 Å². The van der Waals surface area contributed by atoms with Crippen molar-refractivity contribution < 1.29 is 27.6 Å². The van der Waals surface area contributed by atoms with Crippen LogP contribution in [0, 0.1) is 11.6 Å². The van der Waals surface area contributed by atoms with Crippen molar-refractivity contribution in [2.45, 2.75) is 6.43 Å². The first-order valence-electron chi connectivity index (χ1n) is 3.56. The van der Waals surface area contributed by atoms with Crippen LogP contribution in [0.1, 0.15) is 12.0 Å². The Morgan fingerprint density at radius 1 is 1.07 bits per heavy atom. The van der Waals surface area contributed by atoms with E-state index < -0.39 is 36.2 Å². The Balaban J connectivity index is 3.25. The molecule has 0 fully saturated rings. The second-order valence-corrected chi connectivity index (χ2v) is 2.57. The van der Waals surface area contributed by atoms with Crippen LogP contribution in [-0.4, -0.2) is 17.2 Å². The number of halogens is 4. The Morgan fingerprint density at radius 2 is 1.50 bits per heavy atom. The lowest BCUT2D eigenvalue weighted by molar-refractivity contribution is 0.141. The minimum Gasteiger partial charge on any atom is -0.423 e. The number of hydrogen-bond donors (Lipinski definition) is 2. The van der Waals surface area contributed by atoms with Crippen molar-refractivity contribution in [3.05, 3.63) is 29.3 Å². The zero-order valence-electron chi connectivity index (χ0n) is 6.72. The van der Waals surface area contributed by atoms with Gasteiger partial charge in [-0.1, -0.05) is 0 Å². The number of alkyl halides is 2. The number of hydrogen-bond acceptors (Lipinski definition) is 2. The molecule has 0 aliphatic carbocycles. The summed E-state index contributed by atoms with van der Waals surface area (Å²) in [4.78, 5) is 0. The molecule has 76 valence electrons. The van der Waals surface area contributed by atoms with Gasteiger partial charge in [-0.15, -0.1) is 0 Å². The molecular weight excluding hydrogens is 203 g/mol. The minimum atomic E-state index is -3.28. The molecule has 14 heavy (non-hydrogen) atoms. The highest BCUT2D eigenvalue weighted by molar-refractivity contribution is 6.58. The minimum absolute atomic E-state index is 0.454. The van der Waals surface area contributed by atoms with E-state index in [9.17, 15) is 17.6 Å². The molecule has 0 amide bonds. The summed E-state index contributed by atoms with van der Waals surface area (Å²) >= 11 is 0. The van der Waals surface area contributed by atoms with Crippen molar-refractivity contribution in [1.29, 1.82) is 0 Å². The summed E-state index contributed by atoms with van der Waals surface area (Å²) in [5.74, 6) is -2.99. The normalized spacial score (nSPS) is 10.8. The van der Waals surface area contributed by atoms with E-state index in [4.69, 9.17) is 10.0 Å². The third-order valence-corrected chi connectivity index (χ3v) is 1.62. The molecule has 0 unspecified atom stereocenters. The van der Waals surface area contributed by atoms with Gasteiger partial charge in [0.15, 0.2) is 0 Å². The summed E-state index contributed by atoms with van der Waals surface area (Å²) in [6.07, 6.45) is -3.28. The van der Waals surface area contributed by atoms with Crippen LogP contribution in [0.5, 0.6) is 0 Å². The molecular formula is C7H5BF4O2. The standard InChI is InChI=1S/C7H5BF4O2/c9-4-1-3(8(13)14)2-5(10)6(4)7(11)12/h1-2,7,13-14H. The molecule has 2 nitrogen and oxygen atoms in total. The summed E-state index contributed by atoms with van der Waals surface area (Å²) in [6.45, 7) is 0. The van der Waals surface area contributed by atoms with Crippen LogP contribution in [0.25, 0.3) is 0 Å². The first-order valence-corrected chi connectivity index (χ1v) is 3.56. The van der Waals surface area contributed by atoms with Gasteiger partial charge in [-0.25, -0.2) is 17.6 Å². The third-order valence-electron chi connectivity index (χ3n) is 1.62. The van der Waals surface area contributed by atoms with E-state index in [2.05, 4.69) is 0 Å². The summed E-state index contributed by atoms with van der Waals surface area (Å²) < 4.78 is 49.6. The first-order chi connectivity index (χ1) is 6.43. The Morgan fingerprint density at radius 3 is 1.79 bits per heavy atom. The number of benzene rings is 1. The summed E-state index contributed by atoms with van der Waals surface area (Å²) in [7, 11) is -2.09. The van der Waals surface area contributed by atoms with Gasteiger partial charge in [0, 0.05) is 0 Å². The molecule has 2 N–H and O–H groups in total. The Hall–Kier alpha value is -1.08. The molecule has 0 heterocycles. The van der Waals surface area contributed by atoms with Gasteiger partial charge in [0.05, 0.1) is 5.56 Å². The predicted octanol–water partition coefficient (Wildman–Crippen LogP) is 0.582. The van der Waals surface area contributed by atoms with Crippen molar-refractivity contribution in [3.8, 4) is 0 Å². The second-order valence-electron chi connectivity index (χ2n) is 2.57.